The lowest BCUT2D eigenvalue weighted by Crippen LogP contribution is -2.78. The normalized spacial score (nSPS) is 26.9. The largest absolute Gasteiger partial charge is 0.366 e. The summed E-state index contributed by atoms with van der Waals surface area (Å²) in [5.74, 6) is -0.174. The third-order valence-electron chi connectivity index (χ3n) is 8.28. The molecule has 2 aromatic rings. The Morgan fingerprint density at radius 2 is 1.77 bits per heavy atom. The predicted octanol–water partition coefficient (Wildman–Crippen LogP) is 4.95. The molecule has 1 N–H and O–H groups in total. The van der Waals surface area contributed by atoms with Crippen molar-refractivity contribution in [2.75, 3.05) is 13.6 Å². The average Bonchev–Trinajstić information content (AvgIpc) is 3.12. The van der Waals surface area contributed by atoms with E-state index in [0.29, 0.717) is 30.7 Å². The first kappa shape index (κ1) is 29.0. The second-order valence-electron chi connectivity index (χ2n) is 12.7. The number of benzene rings is 2. The summed E-state index contributed by atoms with van der Waals surface area (Å²) in [5.41, 5.74) is -2.74. The molecule has 1 amide bonds. The van der Waals surface area contributed by atoms with E-state index < -0.39 is 38.6 Å². The van der Waals surface area contributed by atoms with Crippen molar-refractivity contribution in [1.82, 2.24) is 14.5 Å². The lowest BCUT2D eigenvalue weighted by atomic mass is 9.38. The van der Waals surface area contributed by atoms with Crippen LogP contribution in [0.25, 0.3) is 0 Å². The minimum Gasteiger partial charge on any atom is -0.366 e. The number of sulfonamides is 1. The molecule has 6 rings (SSSR count). The Hall–Kier alpha value is -2.56. The number of hydrogen-bond acceptors (Lipinski definition) is 5. The van der Waals surface area contributed by atoms with E-state index in [1.807, 2.05) is 13.8 Å². The van der Waals surface area contributed by atoms with Crippen LogP contribution in [0.4, 0.5) is 8.78 Å². The number of likely N-dealkylation sites (N-methyl/N-ethyl adjacent to an activating group) is 1. The van der Waals surface area contributed by atoms with Gasteiger partial charge in [-0.15, -0.1) is 0 Å². The van der Waals surface area contributed by atoms with Crippen LogP contribution in [0.15, 0.2) is 58.4 Å². The maximum absolute atomic E-state index is 14.3. The van der Waals surface area contributed by atoms with Crippen LogP contribution in [-0.2, 0) is 21.4 Å². The summed E-state index contributed by atoms with van der Waals surface area (Å²) in [6.45, 7) is 6.59. The molecule has 0 spiro atoms. The Labute approximate surface area is 239 Å². The number of hydrogen-bond donors (Lipinski definition) is 1. The van der Waals surface area contributed by atoms with Crippen LogP contribution in [0.5, 0.6) is 0 Å². The molecule has 0 aromatic heterocycles. The number of nitrogens with zero attached hydrogens (tertiary/aromatic N) is 3. The van der Waals surface area contributed by atoms with Gasteiger partial charge in [0.1, 0.15) is 17.3 Å². The Balaban J connectivity index is 1.40. The lowest BCUT2D eigenvalue weighted by Gasteiger charge is -2.73. The summed E-state index contributed by atoms with van der Waals surface area (Å²) in [4.78, 5) is 19.6. The summed E-state index contributed by atoms with van der Waals surface area (Å²) in [5, 5.41) is 3.40. The SMILES string of the molecule is CN(CC(C)(C)F)C(=O)[C@@H]1N=C(C23CC(N(Cc4ccc(Cl)c(F)c4)S(=O)(=O)c4ccccc4)(C2)C3)NC1(C)C. The molecule has 40 heavy (non-hydrogen) atoms. The van der Waals surface area contributed by atoms with Gasteiger partial charge in [0.2, 0.25) is 15.9 Å². The molecule has 0 unspecified atom stereocenters. The van der Waals surface area contributed by atoms with Gasteiger partial charge in [0, 0.05) is 24.5 Å². The molecule has 2 bridgehead atoms. The molecule has 1 heterocycles. The number of nitrogens with one attached hydrogen (secondary N) is 1. The van der Waals surface area contributed by atoms with Crippen LogP contribution in [0.1, 0.15) is 52.5 Å². The van der Waals surface area contributed by atoms with Crippen molar-refractivity contribution in [3.05, 3.63) is 64.9 Å². The Morgan fingerprint density at radius 3 is 2.35 bits per heavy atom. The molecular formula is C29H35ClF2N4O3S. The van der Waals surface area contributed by atoms with Crippen molar-refractivity contribution in [2.24, 2.45) is 10.4 Å². The van der Waals surface area contributed by atoms with Crippen LogP contribution in [0.3, 0.4) is 0 Å². The number of amidine groups is 1. The monoisotopic (exact) mass is 592 g/mol. The van der Waals surface area contributed by atoms with Crippen molar-refractivity contribution in [3.8, 4) is 0 Å². The van der Waals surface area contributed by atoms with E-state index in [0.717, 1.165) is 0 Å². The molecule has 216 valence electrons. The summed E-state index contributed by atoms with van der Waals surface area (Å²) in [6.07, 6.45) is 1.58. The van der Waals surface area contributed by atoms with Gasteiger partial charge >= 0.3 is 0 Å². The number of amides is 1. The quantitative estimate of drug-likeness (QED) is 0.447. The predicted molar refractivity (Wildman–Crippen MR) is 151 cm³/mol. The van der Waals surface area contributed by atoms with Crippen LogP contribution in [0.2, 0.25) is 5.02 Å². The zero-order valence-corrected chi connectivity index (χ0v) is 24.9. The van der Waals surface area contributed by atoms with Crippen molar-refractivity contribution in [2.45, 2.75) is 81.2 Å². The van der Waals surface area contributed by atoms with E-state index >= 15 is 0 Å². The number of halogens is 3. The van der Waals surface area contributed by atoms with Crippen molar-refractivity contribution in [1.29, 1.82) is 0 Å². The first-order valence-electron chi connectivity index (χ1n) is 13.3. The highest BCUT2D eigenvalue weighted by Crippen LogP contribution is 2.71. The van der Waals surface area contributed by atoms with Crippen molar-refractivity contribution < 1.29 is 22.0 Å². The van der Waals surface area contributed by atoms with Gasteiger partial charge in [-0.3, -0.25) is 9.79 Å². The molecule has 3 aliphatic carbocycles. The maximum atomic E-state index is 14.3. The van der Waals surface area contributed by atoms with Gasteiger partial charge in [-0.2, -0.15) is 4.31 Å². The third-order valence-corrected chi connectivity index (χ3v) is 10.6. The third kappa shape index (κ3) is 4.92. The molecule has 1 atom stereocenters. The number of aliphatic imine (C=N–C) groups is 1. The van der Waals surface area contributed by atoms with Crippen molar-refractivity contribution in [3.63, 3.8) is 0 Å². The minimum atomic E-state index is -3.91. The fourth-order valence-electron chi connectivity index (χ4n) is 6.46. The van der Waals surface area contributed by atoms with Crippen LogP contribution >= 0.6 is 11.6 Å². The van der Waals surface area contributed by atoms with Gasteiger partial charge < -0.3 is 10.2 Å². The topological polar surface area (TPSA) is 82.1 Å². The molecular weight excluding hydrogens is 558 g/mol. The zero-order valence-electron chi connectivity index (χ0n) is 23.3. The molecule has 3 saturated carbocycles. The minimum absolute atomic E-state index is 0.00227. The summed E-state index contributed by atoms with van der Waals surface area (Å²) < 4.78 is 57.8. The lowest BCUT2D eigenvalue weighted by molar-refractivity contribution is -0.151. The maximum Gasteiger partial charge on any atom is 0.249 e. The van der Waals surface area contributed by atoms with Gasteiger partial charge in [0.05, 0.1) is 22.0 Å². The second-order valence-corrected chi connectivity index (χ2v) is 15.0. The standard InChI is InChI=1S/C29H35ClF2N4O3S/c1-26(2,32)18-35(5)24(37)23-27(3,4)34-25(33-23)28-15-29(16-28,17-28)36(14-19-11-12-21(30)22(31)13-19)40(38,39)20-9-7-6-8-10-20/h6-13,23H,14-18H2,1-5H3,(H,33,34)/t23-,28?,29?/m0/s1. The molecule has 7 nitrogen and oxygen atoms in total. The number of carbonyl (C=O) groups is 1. The Morgan fingerprint density at radius 1 is 1.15 bits per heavy atom. The highest BCUT2D eigenvalue weighted by molar-refractivity contribution is 7.89. The van der Waals surface area contributed by atoms with E-state index in [4.69, 9.17) is 16.6 Å². The first-order valence-corrected chi connectivity index (χ1v) is 15.1. The number of carbonyl (C=O) groups excluding carboxylic acids is 1. The van der Waals surface area contributed by atoms with Crippen molar-refractivity contribution >= 4 is 33.4 Å². The summed E-state index contributed by atoms with van der Waals surface area (Å²) >= 11 is 5.87. The second kappa shape index (κ2) is 9.49. The highest BCUT2D eigenvalue weighted by atomic mass is 35.5. The fraction of sp³-hybridized carbons (Fsp3) is 0.517. The van der Waals surface area contributed by atoms with Gasteiger partial charge in [0.15, 0.2) is 6.04 Å². The molecule has 3 fully saturated rings. The van der Waals surface area contributed by atoms with Gasteiger partial charge in [-0.1, -0.05) is 35.9 Å². The fourth-order valence-corrected chi connectivity index (χ4v) is 8.36. The van der Waals surface area contributed by atoms with Crippen LogP contribution < -0.4 is 5.32 Å². The van der Waals surface area contributed by atoms with E-state index in [-0.39, 0.29) is 34.3 Å². The molecule has 0 radical (unpaired) electrons. The molecule has 0 saturated heterocycles. The number of alkyl halides is 1. The first-order chi connectivity index (χ1) is 18.5. The summed E-state index contributed by atoms with van der Waals surface area (Å²) in [7, 11) is -2.33. The zero-order chi connectivity index (χ0) is 29.3. The van der Waals surface area contributed by atoms with Gasteiger partial charge in [-0.25, -0.2) is 17.2 Å². The smallest absolute Gasteiger partial charge is 0.249 e. The van der Waals surface area contributed by atoms with E-state index in [1.165, 1.54) is 35.2 Å². The Kier molecular flexibility index (Phi) is 6.87. The molecule has 1 aliphatic heterocycles. The van der Waals surface area contributed by atoms with Gasteiger partial charge in [-0.05, 0) is 76.8 Å². The van der Waals surface area contributed by atoms with E-state index in [9.17, 15) is 22.0 Å². The van der Waals surface area contributed by atoms with Crippen LogP contribution in [-0.4, -0.2) is 65.7 Å². The van der Waals surface area contributed by atoms with Gasteiger partial charge in [0.25, 0.3) is 0 Å². The molecule has 4 aliphatic rings. The summed E-state index contributed by atoms with van der Waals surface area (Å²) in [6, 6.07) is 11.8. The number of rotatable bonds is 9. The Bertz CT molecular complexity index is 1450. The van der Waals surface area contributed by atoms with Crippen LogP contribution in [0, 0.1) is 11.2 Å². The average molecular weight is 593 g/mol. The molecule has 11 heteroatoms. The van der Waals surface area contributed by atoms with E-state index in [2.05, 4.69) is 5.32 Å². The highest BCUT2D eigenvalue weighted by Gasteiger charge is 2.75. The molecule has 2 aromatic carbocycles. The van der Waals surface area contributed by atoms with E-state index in [1.54, 1.807) is 43.4 Å².